The summed E-state index contributed by atoms with van der Waals surface area (Å²) in [5.74, 6) is 0. The van der Waals surface area contributed by atoms with Gasteiger partial charge in [-0.15, -0.1) is 0 Å². The zero-order valence-corrected chi connectivity index (χ0v) is 15.0. The summed E-state index contributed by atoms with van der Waals surface area (Å²) in [6, 6.07) is 7.85. The normalized spacial score (nSPS) is 12.6. The standard InChI is InChI=1S/C16H22N4O4S/c1-3-14(20-12-4-10-17-20)9-11-18-25(22,23)15-7-5-13(6-8-15)19-16(21)24-2/h4-8,10,12,14,18H,3,9,11H2,1-2H3,(H,19,21). The zero-order valence-electron chi connectivity index (χ0n) is 14.2. The van der Waals surface area contributed by atoms with E-state index in [0.29, 0.717) is 18.7 Å². The van der Waals surface area contributed by atoms with Gasteiger partial charge in [-0.05, 0) is 43.2 Å². The number of carbonyl (C=O) groups excluding carboxylic acids is 1. The van der Waals surface area contributed by atoms with Gasteiger partial charge in [-0.25, -0.2) is 17.9 Å². The molecule has 0 saturated heterocycles. The first-order valence-electron chi connectivity index (χ1n) is 7.90. The molecular weight excluding hydrogens is 344 g/mol. The molecule has 0 spiro atoms. The van der Waals surface area contributed by atoms with Crippen LogP contribution in [0.4, 0.5) is 10.5 Å². The molecule has 0 aliphatic carbocycles. The number of rotatable bonds is 8. The van der Waals surface area contributed by atoms with E-state index in [2.05, 4.69) is 19.9 Å². The molecule has 0 aliphatic rings. The van der Waals surface area contributed by atoms with Crippen LogP contribution < -0.4 is 10.0 Å². The van der Waals surface area contributed by atoms with Crippen LogP contribution in [0.1, 0.15) is 25.8 Å². The third-order valence-electron chi connectivity index (χ3n) is 3.74. The first kappa shape index (κ1) is 18.9. The summed E-state index contributed by atoms with van der Waals surface area (Å²) in [6.45, 7) is 2.34. The third-order valence-corrected chi connectivity index (χ3v) is 5.21. The highest BCUT2D eigenvalue weighted by Gasteiger charge is 2.15. The fourth-order valence-electron chi connectivity index (χ4n) is 2.35. The fraction of sp³-hybridized carbons (Fsp3) is 0.375. The van der Waals surface area contributed by atoms with E-state index in [-0.39, 0.29) is 10.9 Å². The highest BCUT2D eigenvalue weighted by atomic mass is 32.2. The van der Waals surface area contributed by atoms with Gasteiger partial charge < -0.3 is 4.74 Å². The summed E-state index contributed by atoms with van der Waals surface area (Å²) in [7, 11) is -2.35. The van der Waals surface area contributed by atoms with E-state index in [1.165, 1.54) is 31.4 Å². The molecule has 1 aromatic heterocycles. The maximum atomic E-state index is 12.3. The number of methoxy groups -OCH3 is 1. The van der Waals surface area contributed by atoms with Gasteiger partial charge in [0.1, 0.15) is 0 Å². The summed E-state index contributed by atoms with van der Waals surface area (Å²) >= 11 is 0. The number of hydrogen-bond acceptors (Lipinski definition) is 5. The Bertz CT molecular complexity index is 773. The van der Waals surface area contributed by atoms with Crippen LogP contribution in [-0.2, 0) is 14.8 Å². The molecule has 9 heteroatoms. The number of carbonyl (C=O) groups is 1. The van der Waals surface area contributed by atoms with Crippen LogP contribution >= 0.6 is 0 Å². The van der Waals surface area contributed by atoms with Crippen molar-refractivity contribution in [3.63, 3.8) is 0 Å². The predicted molar refractivity (Wildman–Crippen MR) is 93.8 cm³/mol. The first-order chi connectivity index (χ1) is 12.0. The summed E-state index contributed by atoms with van der Waals surface area (Å²) in [5, 5.41) is 6.66. The number of amides is 1. The summed E-state index contributed by atoms with van der Waals surface area (Å²) in [4.78, 5) is 11.3. The average molecular weight is 366 g/mol. The van der Waals surface area contributed by atoms with Crippen molar-refractivity contribution in [2.24, 2.45) is 0 Å². The zero-order chi connectivity index (χ0) is 18.3. The molecule has 2 aromatic rings. The Morgan fingerprint density at radius 1 is 1.32 bits per heavy atom. The number of hydrogen-bond donors (Lipinski definition) is 2. The number of benzene rings is 1. The molecule has 2 N–H and O–H groups in total. The van der Waals surface area contributed by atoms with Gasteiger partial charge in [-0.3, -0.25) is 10.00 Å². The molecule has 1 amide bonds. The molecule has 1 unspecified atom stereocenters. The van der Waals surface area contributed by atoms with Gasteiger partial charge in [0.2, 0.25) is 10.0 Å². The molecule has 1 heterocycles. The van der Waals surface area contributed by atoms with Crippen molar-refractivity contribution in [3.8, 4) is 0 Å². The molecule has 1 aromatic carbocycles. The molecule has 0 saturated carbocycles. The number of nitrogens with zero attached hydrogens (tertiary/aromatic N) is 2. The minimum absolute atomic E-state index is 0.134. The van der Waals surface area contributed by atoms with Crippen molar-refractivity contribution in [2.75, 3.05) is 19.0 Å². The SMILES string of the molecule is CCC(CCNS(=O)(=O)c1ccc(NC(=O)OC)cc1)n1cccn1. The third kappa shape index (κ3) is 5.30. The number of anilines is 1. The Kier molecular flexibility index (Phi) is 6.54. The van der Waals surface area contributed by atoms with Crippen LogP contribution in [0.25, 0.3) is 0 Å². The lowest BCUT2D eigenvalue weighted by Gasteiger charge is -2.16. The summed E-state index contributed by atoms with van der Waals surface area (Å²) in [6.07, 6.45) is 4.46. The van der Waals surface area contributed by atoms with Crippen molar-refractivity contribution in [2.45, 2.75) is 30.7 Å². The van der Waals surface area contributed by atoms with E-state index in [1.54, 1.807) is 6.20 Å². The molecule has 0 radical (unpaired) electrons. The molecule has 0 bridgehead atoms. The monoisotopic (exact) mass is 366 g/mol. The van der Waals surface area contributed by atoms with E-state index >= 15 is 0 Å². The minimum atomic E-state index is -3.61. The van der Waals surface area contributed by atoms with E-state index in [4.69, 9.17) is 0 Å². The Hall–Kier alpha value is -2.39. The second-order valence-electron chi connectivity index (χ2n) is 5.38. The van der Waals surface area contributed by atoms with Gasteiger partial charge >= 0.3 is 6.09 Å². The Balaban J connectivity index is 1.93. The van der Waals surface area contributed by atoms with Crippen LogP contribution in [0.15, 0.2) is 47.6 Å². The average Bonchev–Trinajstić information content (AvgIpc) is 3.13. The van der Waals surface area contributed by atoms with Crippen LogP contribution in [0.2, 0.25) is 0 Å². The van der Waals surface area contributed by atoms with E-state index in [1.807, 2.05) is 23.9 Å². The molecule has 25 heavy (non-hydrogen) atoms. The highest BCUT2D eigenvalue weighted by molar-refractivity contribution is 7.89. The van der Waals surface area contributed by atoms with Crippen molar-refractivity contribution >= 4 is 21.8 Å². The minimum Gasteiger partial charge on any atom is -0.453 e. The smallest absolute Gasteiger partial charge is 0.411 e. The van der Waals surface area contributed by atoms with E-state index in [0.717, 1.165) is 6.42 Å². The highest BCUT2D eigenvalue weighted by Crippen LogP contribution is 2.16. The number of aromatic nitrogens is 2. The van der Waals surface area contributed by atoms with Crippen LogP contribution in [-0.4, -0.2) is 37.9 Å². The maximum Gasteiger partial charge on any atom is 0.411 e. The van der Waals surface area contributed by atoms with Gasteiger partial charge in [-0.1, -0.05) is 6.92 Å². The molecule has 1 atom stereocenters. The van der Waals surface area contributed by atoms with Gasteiger partial charge in [-0.2, -0.15) is 5.10 Å². The lowest BCUT2D eigenvalue weighted by molar-refractivity contribution is 0.187. The second kappa shape index (κ2) is 8.63. The van der Waals surface area contributed by atoms with E-state index < -0.39 is 16.1 Å². The topological polar surface area (TPSA) is 102 Å². The molecular formula is C16H22N4O4S. The van der Waals surface area contributed by atoms with Crippen molar-refractivity contribution < 1.29 is 17.9 Å². The molecule has 0 aliphatic heterocycles. The summed E-state index contributed by atoms with van der Waals surface area (Å²) < 4.78 is 33.6. The van der Waals surface area contributed by atoms with Gasteiger partial charge in [0.05, 0.1) is 18.0 Å². The quantitative estimate of drug-likeness (QED) is 0.747. The van der Waals surface area contributed by atoms with Crippen molar-refractivity contribution in [1.82, 2.24) is 14.5 Å². The summed E-state index contributed by atoms with van der Waals surface area (Å²) in [5.41, 5.74) is 0.454. The molecule has 136 valence electrons. The van der Waals surface area contributed by atoms with Crippen LogP contribution in [0, 0.1) is 0 Å². The van der Waals surface area contributed by atoms with Crippen LogP contribution in [0.5, 0.6) is 0 Å². The molecule has 8 nitrogen and oxygen atoms in total. The Labute approximate surface area is 147 Å². The fourth-order valence-corrected chi connectivity index (χ4v) is 3.40. The molecule has 2 rings (SSSR count). The second-order valence-corrected chi connectivity index (χ2v) is 7.14. The lowest BCUT2D eigenvalue weighted by Crippen LogP contribution is -2.27. The van der Waals surface area contributed by atoms with E-state index in [9.17, 15) is 13.2 Å². The lowest BCUT2D eigenvalue weighted by atomic mass is 10.1. The van der Waals surface area contributed by atoms with Crippen molar-refractivity contribution in [3.05, 3.63) is 42.7 Å². The molecule has 0 fully saturated rings. The van der Waals surface area contributed by atoms with Gasteiger partial charge in [0.25, 0.3) is 0 Å². The first-order valence-corrected chi connectivity index (χ1v) is 9.38. The maximum absolute atomic E-state index is 12.3. The predicted octanol–water partition coefficient (Wildman–Crippen LogP) is 2.38. The van der Waals surface area contributed by atoms with Crippen molar-refractivity contribution in [1.29, 1.82) is 0 Å². The van der Waals surface area contributed by atoms with Crippen LogP contribution in [0.3, 0.4) is 0 Å². The number of ether oxygens (including phenoxy) is 1. The largest absolute Gasteiger partial charge is 0.453 e. The Morgan fingerprint density at radius 2 is 2.04 bits per heavy atom. The number of nitrogens with one attached hydrogen (secondary N) is 2. The Morgan fingerprint density at radius 3 is 2.60 bits per heavy atom. The number of sulfonamides is 1. The van der Waals surface area contributed by atoms with Gasteiger partial charge in [0, 0.05) is 24.6 Å². The van der Waals surface area contributed by atoms with Gasteiger partial charge in [0.15, 0.2) is 0 Å².